The van der Waals surface area contributed by atoms with Gasteiger partial charge in [-0.2, -0.15) is 23.5 Å². The molecule has 0 aromatic rings. The summed E-state index contributed by atoms with van der Waals surface area (Å²) in [4.78, 5) is 0. The topological polar surface area (TPSA) is 142 Å². The number of rotatable bonds is 0. The summed E-state index contributed by atoms with van der Waals surface area (Å²) in [6.45, 7) is 26.2. The molecule has 0 unspecified atom stereocenters. The zero-order chi connectivity index (χ0) is 53.0. The molecule has 0 bridgehead atoms. The van der Waals surface area contributed by atoms with Crippen molar-refractivity contribution in [3.05, 3.63) is 0 Å². The molecule has 13 heterocycles. The fraction of sp³-hybridized carbons (Fsp3) is 1.00. The van der Waals surface area contributed by atoms with Crippen LogP contribution in [0.4, 0.5) is 0 Å². The summed E-state index contributed by atoms with van der Waals surface area (Å²) in [5, 5.41) is 26.1. The van der Waals surface area contributed by atoms with Gasteiger partial charge in [0.2, 0.25) is 0 Å². The molecule has 13 aliphatic heterocycles. The number of hydrogen-bond donors (Lipinski definition) is 8. The van der Waals surface area contributed by atoms with Crippen molar-refractivity contribution in [3.8, 4) is 0 Å². The summed E-state index contributed by atoms with van der Waals surface area (Å²) in [5.41, 5.74) is 0. The zero-order valence-corrected chi connectivity index (χ0v) is 51.4. The smallest absolute Gasteiger partial charge is 0.146 e. The van der Waals surface area contributed by atoms with Crippen LogP contribution in [-0.4, -0.2) is 192 Å². The Morgan fingerprint density at radius 2 is 0.453 bits per heavy atom. The molecule has 0 saturated carbocycles. The van der Waals surface area contributed by atoms with Crippen molar-refractivity contribution in [2.24, 2.45) is 0 Å². The molecule has 75 heavy (non-hydrogen) atoms. The van der Waals surface area contributed by atoms with Gasteiger partial charge in [-0.1, -0.05) is 44.9 Å². The maximum absolute atomic E-state index is 5.13. The third-order valence-corrected chi connectivity index (χ3v) is 16.5. The summed E-state index contributed by atoms with van der Waals surface area (Å²) in [6, 6.07) is 0. The fourth-order valence-corrected chi connectivity index (χ4v) is 11.3. The molecule has 0 aliphatic carbocycles. The first kappa shape index (κ1) is 73.5. The van der Waals surface area contributed by atoms with Crippen LogP contribution in [0.1, 0.15) is 186 Å². The van der Waals surface area contributed by atoms with E-state index in [1.54, 1.807) is 0 Å². The van der Waals surface area contributed by atoms with E-state index in [-0.39, 0.29) is 0 Å². The summed E-state index contributed by atoms with van der Waals surface area (Å²) < 4.78 is 24.6. The molecule has 0 aromatic carbocycles. The van der Waals surface area contributed by atoms with Gasteiger partial charge in [-0.15, -0.1) is 11.8 Å². The van der Waals surface area contributed by atoms with Crippen LogP contribution in [0.5, 0.6) is 0 Å². The van der Waals surface area contributed by atoms with Gasteiger partial charge < -0.3 is 66.2 Å². The van der Waals surface area contributed by atoms with Crippen molar-refractivity contribution in [1.82, 2.24) is 42.5 Å². The van der Waals surface area contributed by atoms with Crippen LogP contribution in [-0.2, 0) is 23.7 Å². The third-order valence-electron chi connectivity index (χ3n) is 13.3. The maximum Gasteiger partial charge on any atom is 0.146 e. The molecule has 13 aliphatic rings. The maximum atomic E-state index is 5.13. The molecule has 16 heteroatoms. The fourth-order valence-electron chi connectivity index (χ4n) is 8.53. The molecule has 0 aromatic heterocycles. The van der Waals surface area contributed by atoms with E-state index in [1.807, 2.05) is 11.8 Å². The Balaban J connectivity index is 0.000000407. The standard InChI is InChI=1S/C6H13N.C5H11NO.4C5H11N.C5H10O.C5H10S.C4H9N.C4H8O.C4H8S.C3H7NS.C3H6O2/c1-2-4-6-7-5-3-1;1-2-6-3-5-7-4-1;6*1-2-4-6-5-3-1;3*1-2-4-5-3-1;2*1-2-5-3-4-1/h7H,1-6H2;6H,1-5H2;4*6H,1-5H2;2*1-5H2;5H,1-4H2;2*1-4H2;4H,1-3H2;1-3H2. The number of thioether (sulfide) groups is 3. The Kier molecular flexibility index (Phi) is 69.3. The minimum absolute atomic E-state index is 0.500. The van der Waals surface area contributed by atoms with Crippen LogP contribution in [0, 0.1) is 0 Å². The van der Waals surface area contributed by atoms with Crippen LogP contribution in [0.15, 0.2) is 0 Å². The lowest BCUT2D eigenvalue weighted by atomic mass is 10.2. The Bertz CT molecular complexity index is 659. The Labute approximate surface area is 477 Å². The van der Waals surface area contributed by atoms with Crippen molar-refractivity contribution < 1.29 is 23.7 Å². The van der Waals surface area contributed by atoms with E-state index in [0.717, 1.165) is 65.9 Å². The highest BCUT2D eigenvalue weighted by Gasteiger charge is 2.01. The molecule has 8 N–H and O–H groups in total. The van der Waals surface area contributed by atoms with E-state index in [1.165, 1.54) is 306 Å². The molecular formula is C59H126N8O5S3. The number of hydrogen-bond acceptors (Lipinski definition) is 16. The van der Waals surface area contributed by atoms with Gasteiger partial charge in [-0.05, 0) is 249 Å². The quantitative estimate of drug-likeness (QED) is 0.117. The molecule has 0 radical (unpaired) electrons. The monoisotopic (exact) mass is 1120 g/mol. The first-order valence-electron chi connectivity index (χ1n) is 31.8. The number of ether oxygens (including phenoxy) is 5. The Morgan fingerprint density at radius 1 is 0.173 bits per heavy atom. The van der Waals surface area contributed by atoms with E-state index < -0.39 is 0 Å². The van der Waals surface area contributed by atoms with Gasteiger partial charge >= 0.3 is 0 Å². The zero-order valence-electron chi connectivity index (χ0n) is 49.0. The normalized spacial score (nSPS) is 24.0. The lowest BCUT2D eigenvalue weighted by Gasteiger charge is -2.08. The highest BCUT2D eigenvalue weighted by Crippen LogP contribution is 2.15. The van der Waals surface area contributed by atoms with Crippen molar-refractivity contribution in [2.45, 2.75) is 186 Å². The molecule has 13 rings (SSSR count). The lowest BCUT2D eigenvalue weighted by Crippen LogP contribution is -2.21. The predicted octanol–water partition coefficient (Wildman–Crippen LogP) is 10.2. The van der Waals surface area contributed by atoms with E-state index in [0.29, 0.717) is 6.79 Å². The summed E-state index contributed by atoms with van der Waals surface area (Å²) in [6.07, 6.45) is 40.3. The molecule has 13 nitrogen and oxygen atoms in total. The molecule has 13 saturated heterocycles. The molecular weight excluding hydrogens is 997 g/mol. The number of nitrogens with one attached hydrogen (secondary N) is 8. The average Bonchev–Trinajstić information content (AvgIpc) is 4.40. The average molecular weight is 1120 g/mol. The molecule has 0 amide bonds. The second-order valence-corrected chi connectivity index (χ2v) is 24.1. The van der Waals surface area contributed by atoms with Gasteiger partial charge in [0.15, 0.2) is 0 Å². The minimum Gasteiger partial charge on any atom is -0.381 e. The van der Waals surface area contributed by atoms with Crippen molar-refractivity contribution in [2.75, 3.05) is 192 Å². The molecule has 13 fully saturated rings. The molecule has 0 atom stereocenters. The van der Waals surface area contributed by atoms with Gasteiger partial charge in [-0.3, -0.25) is 0 Å². The summed E-state index contributed by atoms with van der Waals surface area (Å²) >= 11 is 6.13. The first-order valence-corrected chi connectivity index (χ1v) is 35.2. The van der Waals surface area contributed by atoms with E-state index in [9.17, 15) is 0 Å². The van der Waals surface area contributed by atoms with Gasteiger partial charge in [0.05, 0.1) is 19.8 Å². The van der Waals surface area contributed by atoms with Crippen molar-refractivity contribution >= 4 is 35.3 Å². The second-order valence-electron chi connectivity index (χ2n) is 20.6. The summed E-state index contributed by atoms with van der Waals surface area (Å²) in [5.74, 6) is 8.14. The van der Waals surface area contributed by atoms with Crippen LogP contribution in [0.3, 0.4) is 0 Å². The lowest BCUT2D eigenvalue weighted by molar-refractivity contribution is 0.0692. The van der Waals surface area contributed by atoms with Crippen LogP contribution in [0.25, 0.3) is 0 Å². The van der Waals surface area contributed by atoms with Gasteiger partial charge in [0.25, 0.3) is 0 Å². The van der Waals surface area contributed by atoms with Gasteiger partial charge in [-0.25, -0.2) is 0 Å². The van der Waals surface area contributed by atoms with E-state index in [4.69, 9.17) is 23.7 Å². The number of piperidine rings is 4. The SMILES string of the molecule is C1CCCNCC1.C1CCNC1.C1CCNCC1.C1CCNCC1.C1CCNCC1.C1CCNCC1.C1CCOC1.C1CCOCC1.C1CCSC1.C1CCSCC1.C1CNCCOC1.C1COCO1.C1CSCN1. The Morgan fingerprint density at radius 3 is 0.693 bits per heavy atom. The molecule has 450 valence electrons. The van der Waals surface area contributed by atoms with Crippen molar-refractivity contribution in [1.29, 1.82) is 0 Å². The summed E-state index contributed by atoms with van der Waals surface area (Å²) in [7, 11) is 0. The van der Waals surface area contributed by atoms with E-state index >= 15 is 0 Å². The van der Waals surface area contributed by atoms with Gasteiger partial charge in [0.1, 0.15) is 6.79 Å². The molecule has 0 spiro atoms. The highest BCUT2D eigenvalue weighted by atomic mass is 32.2. The largest absolute Gasteiger partial charge is 0.381 e. The second kappa shape index (κ2) is 70.6. The van der Waals surface area contributed by atoms with Gasteiger partial charge in [0, 0.05) is 57.8 Å². The minimum atomic E-state index is 0.500. The van der Waals surface area contributed by atoms with E-state index in [2.05, 4.69) is 66.1 Å². The first-order chi connectivity index (χ1) is 37.5. The predicted molar refractivity (Wildman–Crippen MR) is 333 cm³/mol. The third kappa shape index (κ3) is 68.7. The van der Waals surface area contributed by atoms with Crippen LogP contribution < -0.4 is 42.5 Å². The van der Waals surface area contributed by atoms with Crippen LogP contribution in [0.2, 0.25) is 0 Å². The highest BCUT2D eigenvalue weighted by molar-refractivity contribution is 7.99. The van der Waals surface area contributed by atoms with Crippen LogP contribution >= 0.6 is 35.3 Å². The Hall–Kier alpha value is 0.530. The van der Waals surface area contributed by atoms with Crippen molar-refractivity contribution in [3.63, 3.8) is 0 Å².